The molecule has 1 aromatic carbocycles. The van der Waals surface area contributed by atoms with Crippen LogP contribution in [0.25, 0.3) is 0 Å². The summed E-state index contributed by atoms with van der Waals surface area (Å²) in [6.45, 7) is 4.21. The maximum absolute atomic E-state index is 11.5. The standard InChI is InChI=1S/C12H16N4O/c1-3-15-12(17)8(2)16-10-4-5-11(14)9(6-10)7-13/h4-6,8,16H,3,14H2,1-2H3,(H,15,17). The van der Waals surface area contributed by atoms with Crippen LogP contribution in [0.5, 0.6) is 0 Å². The van der Waals surface area contributed by atoms with E-state index in [1.807, 2.05) is 13.0 Å². The van der Waals surface area contributed by atoms with Crippen molar-refractivity contribution in [1.29, 1.82) is 5.26 Å². The highest BCUT2D eigenvalue weighted by Crippen LogP contribution is 2.17. The molecule has 0 aliphatic rings. The highest BCUT2D eigenvalue weighted by atomic mass is 16.2. The summed E-state index contributed by atoms with van der Waals surface area (Å²) in [7, 11) is 0. The van der Waals surface area contributed by atoms with Gasteiger partial charge in [-0.15, -0.1) is 0 Å². The Morgan fingerprint density at radius 1 is 1.59 bits per heavy atom. The molecule has 0 spiro atoms. The average Bonchev–Trinajstić information content (AvgIpc) is 2.31. The van der Waals surface area contributed by atoms with Crippen molar-refractivity contribution in [3.63, 3.8) is 0 Å². The van der Waals surface area contributed by atoms with Crippen LogP contribution in [0, 0.1) is 11.3 Å². The molecule has 1 unspecified atom stereocenters. The summed E-state index contributed by atoms with van der Waals surface area (Å²) in [6, 6.07) is 6.66. The number of benzene rings is 1. The van der Waals surface area contributed by atoms with E-state index in [0.717, 1.165) is 0 Å². The fourth-order valence-corrected chi connectivity index (χ4v) is 1.39. The molecule has 5 nitrogen and oxygen atoms in total. The van der Waals surface area contributed by atoms with E-state index in [4.69, 9.17) is 11.0 Å². The number of carbonyl (C=O) groups excluding carboxylic acids is 1. The van der Waals surface area contributed by atoms with Crippen LogP contribution in [-0.4, -0.2) is 18.5 Å². The Morgan fingerprint density at radius 3 is 2.88 bits per heavy atom. The Kier molecular flexibility index (Phi) is 4.35. The summed E-state index contributed by atoms with van der Waals surface area (Å²) >= 11 is 0. The Morgan fingerprint density at radius 2 is 2.29 bits per heavy atom. The van der Waals surface area contributed by atoms with Crippen LogP contribution in [-0.2, 0) is 4.79 Å². The quantitative estimate of drug-likeness (QED) is 0.677. The zero-order chi connectivity index (χ0) is 12.8. The second-order valence-electron chi connectivity index (χ2n) is 3.67. The third kappa shape index (κ3) is 3.38. The Labute approximate surface area is 101 Å². The molecule has 90 valence electrons. The van der Waals surface area contributed by atoms with Gasteiger partial charge in [0.05, 0.1) is 5.56 Å². The van der Waals surface area contributed by atoms with E-state index in [9.17, 15) is 4.79 Å². The number of hydrogen-bond donors (Lipinski definition) is 3. The van der Waals surface area contributed by atoms with E-state index in [0.29, 0.717) is 23.5 Å². The van der Waals surface area contributed by atoms with E-state index in [-0.39, 0.29) is 11.9 Å². The third-order valence-electron chi connectivity index (χ3n) is 2.30. The third-order valence-corrected chi connectivity index (χ3v) is 2.30. The lowest BCUT2D eigenvalue weighted by molar-refractivity contribution is -0.121. The lowest BCUT2D eigenvalue weighted by atomic mass is 10.1. The molecule has 0 aliphatic heterocycles. The predicted octanol–water partition coefficient (Wildman–Crippen LogP) is 1.08. The SMILES string of the molecule is CCNC(=O)C(C)Nc1ccc(N)c(C#N)c1. The number of hydrogen-bond acceptors (Lipinski definition) is 4. The summed E-state index contributed by atoms with van der Waals surface area (Å²) in [5, 5.41) is 14.6. The van der Waals surface area contributed by atoms with Crippen molar-refractivity contribution in [2.45, 2.75) is 19.9 Å². The van der Waals surface area contributed by atoms with Crippen LogP contribution in [0.4, 0.5) is 11.4 Å². The molecule has 0 saturated carbocycles. The van der Waals surface area contributed by atoms with Crippen LogP contribution in [0.2, 0.25) is 0 Å². The molecule has 1 rings (SSSR count). The van der Waals surface area contributed by atoms with Crippen LogP contribution in [0.15, 0.2) is 18.2 Å². The van der Waals surface area contributed by atoms with E-state index in [1.54, 1.807) is 25.1 Å². The molecule has 0 fully saturated rings. The molecule has 0 aliphatic carbocycles. The van der Waals surface area contributed by atoms with Gasteiger partial charge in [-0.05, 0) is 32.0 Å². The molecule has 0 heterocycles. The van der Waals surface area contributed by atoms with Gasteiger partial charge in [0, 0.05) is 17.9 Å². The number of nitriles is 1. The Bertz CT molecular complexity index is 450. The number of nitrogen functional groups attached to an aromatic ring is 1. The Balaban J connectivity index is 2.76. The maximum atomic E-state index is 11.5. The lowest BCUT2D eigenvalue weighted by Gasteiger charge is -2.15. The monoisotopic (exact) mass is 232 g/mol. The fourth-order valence-electron chi connectivity index (χ4n) is 1.39. The highest BCUT2D eigenvalue weighted by molar-refractivity contribution is 5.84. The molecule has 1 aromatic rings. The molecule has 1 atom stereocenters. The first-order valence-corrected chi connectivity index (χ1v) is 5.42. The van der Waals surface area contributed by atoms with Gasteiger partial charge in [-0.3, -0.25) is 4.79 Å². The molecule has 17 heavy (non-hydrogen) atoms. The largest absolute Gasteiger partial charge is 0.398 e. The Hall–Kier alpha value is -2.22. The molecule has 0 radical (unpaired) electrons. The van der Waals surface area contributed by atoms with E-state index in [1.165, 1.54) is 0 Å². The number of nitrogens with one attached hydrogen (secondary N) is 2. The van der Waals surface area contributed by atoms with Gasteiger partial charge in [-0.1, -0.05) is 0 Å². The molecule has 5 heteroatoms. The smallest absolute Gasteiger partial charge is 0.242 e. The van der Waals surface area contributed by atoms with Gasteiger partial charge >= 0.3 is 0 Å². The maximum Gasteiger partial charge on any atom is 0.242 e. The zero-order valence-corrected chi connectivity index (χ0v) is 9.95. The van der Waals surface area contributed by atoms with Crippen molar-refractivity contribution in [3.05, 3.63) is 23.8 Å². The van der Waals surface area contributed by atoms with Crippen LogP contribution >= 0.6 is 0 Å². The second kappa shape index (κ2) is 5.75. The average molecular weight is 232 g/mol. The van der Waals surface area contributed by atoms with Gasteiger partial charge in [0.2, 0.25) is 5.91 Å². The van der Waals surface area contributed by atoms with Gasteiger partial charge in [-0.2, -0.15) is 5.26 Å². The topological polar surface area (TPSA) is 90.9 Å². The van der Waals surface area contributed by atoms with Gasteiger partial charge in [0.1, 0.15) is 12.1 Å². The molecule has 4 N–H and O–H groups in total. The van der Waals surface area contributed by atoms with Crippen molar-refractivity contribution < 1.29 is 4.79 Å². The normalized spacial score (nSPS) is 11.4. The summed E-state index contributed by atoms with van der Waals surface area (Å²) in [4.78, 5) is 11.5. The van der Waals surface area contributed by atoms with Crippen LogP contribution in [0.1, 0.15) is 19.4 Å². The van der Waals surface area contributed by atoms with Crippen LogP contribution in [0.3, 0.4) is 0 Å². The van der Waals surface area contributed by atoms with Crippen molar-refractivity contribution >= 4 is 17.3 Å². The van der Waals surface area contributed by atoms with Crippen molar-refractivity contribution in [3.8, 4) is 6.07 Å². The number of anilines is 2. The molecule has 1 amide bonds. The minimum absolute atomic E-state index is 0.0807. The number of rotatable bonds is 4. The molecular weight excluding hydrogens is 216 g/mol. The van der Waals surface area contributed by atoms with E-state index < -0.39 is 0 Å². The summed E-state index contributed by atoms with van der Waals surface area (Å²) in [5.41, 5.74) is 7.15. The minimum Gasteiger partial charge on any atom is -0.398 e. The van der Waals surface area contributed by atoms with Crippen LogP contribution < -0.4 is 16.4 Å². The van der Waals surface area contributed by atoms with Gasteiger partial charge < -0.3 is 16.4 Å². The van der Waals surface area contributed by atoms with Gasteiger partial charge in [0.15, 0.2) is 0 Å². The van der Waals surface area contributed by atoms with E-state index in [2.05, 4.69) is 10.6 Å². The fraction of sp³-hybridized carbons (Fsp3) is 0.333. The number of likely N-dealkylation sites (N-methyl/N-ethyl adjacent to an activating group) is 1. The molecular formula is C12H16N4O. The number of nitrogens with two attached hydrogens (primary N) is 1. The van der Waals surface area contributed by atoms with Gasteiger partial charge in [0.25, 0.3) is 0 Å². The molecule has 0 bridgehead atoms. The number of carbonyl (C=O) groups is 1. The second-order valence-corrected chi connectivity index (χ2v) is 3.67. The molecule has 0 aromatic heterocycles. The van der Waals surface area contributed by atoms with Gasteiger partial charge in [-0.25, -0.2) is 0 Å². The van der Waals surface area contributed by atoms with Crippen molar-refractivity contribution in [2.24, 2.45) is 0 Å². The van der Waals surface area contributed by atoms with Crippen molar-refractivity contribution in [2.75, 3.05) is 17.6 Å². The summed E-state index contributed by atoms with van der Waals surface area (Å²) in [6.07, 6.45) is 0. The first kappa shape index (κ1) is 12.8. The number of amides is 1. The minimum atomic E-state index is -0.356. The zero-order valence-electron chi connectivity index (χ0n) is 9.95. The lowest BCUT2D eigenvalue weighted by Crippen LogP contribution is -2.37. The summed E-state index contributed by atoms with van der Waals surface area (Å²) in [5.74, 6) is -0.0807. The molecule has 0 saturated heterocycles. The first-order valence-electron chi connectivity index (χ1n) is 5.42. The first-order chi connectivity index (χ1) is 8.08. The predicted molar refractivity (Wildman–Crippen MR) is 67.3 cm³/mol. The van der Waals surface area contributed by atoms with Crippen molar-refractivity contribution in [1.82, 2.24) is 5.32 Å². The summed E-state index contributed by atoms with van der Waals surface area (Å²) < 4.78 is 0. The number of nitrogens with zero attached hydrogens (tertiary/aromatic N) is 1. The van der Waals surface area contributed by atoms with E-state index >= 15 is 0 Å². The highest BCUT2D eigenvalue weighted by Gasteiger charge is 2.11.